The zero-order valence-corrected chi connectivity index (χ0v) is 10.2. The van der Waals surface area contributed by atoms with Crippen LogP contribution in [0.3, 0.4) is 0 Å². The summed E-state index contributed by atoms with van der Waals surface area (Å²) in [5, 5.41) is 9.00. The molecule has 1 unspecified atom stereocenters. The predicted molar refractivity (Wildman–Crippen MR) is 61.3 cm³/mol. The van der Waals surface area contributed by atoms with Crippen LogP contribution in [0, 0.1) is 0 Å². The van der Waals surface area contributed by atoms with Gasteiger partial charge >= 0.3 is 0 Å². The maximum Gasteiger partial charge on any atom is 0.136 e. The van der Waals surface area contributed by atoms with E-state index in [9.17, 15) is 0 Å². The number of benzene rings is 1. The molecule has 0 saturated heterocycles. The van der Waals surface area contributed by atoms with Crippen molar-refractivity contribution in [2.75, 3.05) is 20.8 Å². The SMILES string of the molecule is COc1cc(OC)c(C(N)CO)cc1Br. The minimum Gasteiger partial charge on any atom is -0.496 e. The predicted octanol–water partition coefficient (Wildman–Crippen LogP) is 1.46. The third kappa shape index (κ3) is 2.62. The fourth-order valence-electron chi connectivity index (χ4n) is 1.27. The Hall–Kier alpha value is -0.780. The molecule has 4 nitrogen and oxygen atoms in total. The lowest BCUT2D eigenvalue weighted by Crippen LogP contribution is -2.15. The molecule has 15 heavy (non-hydrogen) atoms. The summed E-state index contributed by atoms with van der Waals surface area (Å²) in [6.45, 7) is -0.130. The van der Waals surface area contributed by atoms with Crippen molar-refractivity contribution in [2.45, 2.75) is 6.04 Å². The zero-order valence-electron chi connectivity index (χ0n) is 8.66. The third-order valence-electron chi connectivity index (χ3n) is 2.10. The number of ether oxygens (including phenoxy) is 2. The average molecular weight is 276 g/mol. The normalized spacial score (nSPS) is 12.3. The van der Waals surface area contributed by atoms with Crippen molar-refractivity contribution in [3.63, 3.8) is 0 Å². The van der Waals surface area contributed by atoms with Crippen molar-refractivity contribution in [3.05, 3.63) is 22.2 Å². The smallest absolute Gasteiger partial charge is 0.136 e. The molecule has 0 aliphatic carbocycles. The highest BCUT2D eigenvalue weighted by Gasteiger charge is 2.14. The summed E-state index contributed by atoms with van der Waals surface area (Å²) in [5.41, 5.74) is 6.48. The van der Waals surface area contributed by atoms with Gasteiger partial charge in [0.15, 0.2) is 0 Å². The molecule has 1 atom stereocenters. The summed E-state index contributed by atoms with van der Waals surface area (Å²) in [5.74, 6) is 1.28. The molecule has 0 heterocycles. The van der Waals surface area contributed by atoms with Crippen molar-refractivity contribution in [3.8, 4) is 11.5 Å². The Morgan fingerprint density at radius 1 is 1.33 bits per heavy atom. The van der Waals surface area contributed by atoms with E-state index in [1.54, 1.807) is 26.4 Å². The summed E-state index contributed by atoms with van der Waals surface area (Å²) < 4.78 is 11.1. The van der Waals surface area contributed by atoms with E-state index in [-0.39, 0.29) is 6.61 Å². The highest BCUT2D eigenvalue weighted by molar-refractivity contribution is 9.10. The first-order chi connectivity index (χ1) is 7.13. The molecule has 5 heteroatoms. The van der Waals surface area contributed by atoms with Gasteiger partial charge in [0.2, 0.25) is 0 Å². The lowest BCUT2D eigenvalue weighted by Gasteiger charge is -2.15. The van der Waals surface area contributed by atoms with E-state index in [4.69, 9.17) is 20.3 Å². The molecule has 0 amide bonds. The average Bonchev–Trinajstić information content (AvgIpc) is 2.27. The summed E-state index contributed by atoms with van der Waals surface area (Å²) in [4.78, 5) is 0. The van der Waals surface area contributed by atoms with E-state index < -0.39 is 6.04 Å². The van der Waals surface area contributed by atoms with Gasteiger partial charge < -0.3 is 20.3 Å². The van der Waals surface area contributed by atoms with Crippen LogP contribution in [0.15, 0.2) is 16.6 Å². The largest absolute Gasteiger partial charge is 0.496 e. The number of halogens is 1. The number of rotatable bonds is 4. The van der Waals surface area contributed by atoms with E-state index in [1.165, 1.54) is 0 Å². The van der Waals surface area contributed by atoms with E-state index >= 15 is 0 Å². The molecule has 0 spiro atoms. The highest BCUT2D eigenvalue weighted by Crippen LogP contribution is 2.35. The van der Waals surface area contributed by atoms with Crippen LogP contribution < -0.4 is 15.2 Å². The van der Waals surface area contributed by atoms with Crippen LogP contribution in [-0.4, -0.2) is 25.9 Å². The van der Waals surface area contributed by atoms with Gasteiger partial charge in [0.25, 0.3) is 0 Å². The summed E-state index contributed by atoms with van der Waals surface area (Å²) in [6, 6.07) is 3.06. The Morgan fingerprint density at radius 2 is 1.93 bits per heavy atom. The molecule has 0 aliphatic rings. The van der Waals surface area contributed by atoms with E-state index in [0.29, 0.717) is 11.5 Å². The van der Waals surface area contributed by atoms with E-state index in [2.05, 4.69) is 15.9 Å². The number of methoxy groups -OCH3 is 2. The second-order valence-corrected chi connectivity index (χ2v) is 3.87. The van der Waals surface area contributed by atoms with Crippen LogP contribution in [-0.2, 0) is 0 Å². The fourth-order valence-corrected chi connectivity index (χ4v) is 1.79. The Morgan fingerprint density at radius 3 is 2.40 bits per heavy atom. The van der Waals surface area contributed by atoms with Gasteiger partial charge in [0.05, 0.1) is 31.3 Å². The standard InChI is InChI=1S/C10H14BrNO3/c1-14-9-4-10(15-2)7(11)3-6(9)8(12)5-13/h3-4,8,13H,5,12H2,1-2H3. The zero-order chi connectivity index (χ0) is 11.4. The topological polar surface area (TPSA) is 64.7 Å². The molecule has 0 aliphatic heterocycles. The molecule has 1 aromatic carbocycles. The summed E-state index contributed by atoms with van der Waals surface area (Å²) in [6.07, 6.45) is 0. The van der Waals surface area contributed by atoms with Gasteiger partial charge in [-0.1, -0.05) is 0 Å². The van der Waals surface area contributed by atoms with Crippen LogP contribution in [0.4, 0.5) is 0 Å². The maximum absolute atomic E-state index is 9.00. The van der Waals surface area contributed by atoms with Gasteiger partial charge in [-0.05, 0) is 22.0 Å². The Kier molecular flexibility index (Phi) is 4.38. The quantitative estimate of drug-likeness (QED) is 0.873. The molecule has 0 bridgehead atoms. The molecular formula is C10H14BrNO3. The molecule has 0 aromatic heterocycles. The van der Waals surface area contributed by atoms with Gasteiger partial charge in [0, 0.05) is 11.6 Å². The van der Waals surface area contributed by atoms with Crippen molar-refractivity contribution in [1.82, 2.24) is 0 Å². The third-order valence-corrected chi connectivity index (χ3v) is 2.72. The Balaban J connectivity index is 3.21. The van der Waals surface area contributed by atoms with Gasteiger partial charge in [0.1, 0.15) is 11.5 Å². The van der Waals surface area contributed by atoms with Crippen molar-refractivity contribution >= 4 is 15.9 Å². The lowest BCUT2D eigenvalue weighted by atomic mass is 10.1. The molecular weight excluding hydrogens is 262 g/mol. The Labute approximate surface area is 97.1 Å². The minimum atomic E-state index is -0.456. The lowest BCUT2D eigenvalue weighted by molar-refractivity contribution is 0.264. The molecule has 0 fully saturated rings. The van der Waals surface area contributed by atoms with E-state index in [1.807, 2.05) is 0 Å². The van der Waals surface area contributed by atoms with Crippen molar-refractivity contribution in [1.29, 1.82) is 0 Å². The highest BCUT2D eigenvalue weighted by atomic mass is 79.9. The maximum atomic E-state index is 9.00. The Bertz CT molecular complexity index is 344. The first-order valence-corrected chi connectivity index (χ1v) is 5.21. The number of aliphatic hydroxyl groups is 1. The van der Waals surface area contributed by atoms with Crippen molar-refractivity contribution < 1.29 is 14.6 Å². The van der Waals surface area contributed by atoms with Crippen molar-refractivity contribution in [2.24, 2.45) is 5.73 Å². The van der Waals surface area contributed by atoms with Crippen LogP contribution in [0.1, 0.15) is 11.6 Å². The number of aliphatic hydroxyl groups excluding tert-OH is 1. The number of hydrogen-bond acceptors (Lipinski definition) is 4. The van der Waals surface area contributed by atoms with Gasteiger partial charge in [-0.3, -0.25) is 0 Å². The number of hydrogen-bond donors (Lipinski definition) is 2. The summed E-state index contributed by atoms with van der Waals surface area (Å²) >= 11 is 3.35. The molecule has 0 radical (unpaired) electrons. The fraction of sp³-hybridized carbons (Fsp3) is 0.400. The first kappa shape index (κ1) is 12.3. The van der Waals surface area contributed by atoms with Gasteiger partial charge in [-0.15, -0.1) is 0 Å². The minimum absolute atomic E-state index is 0.130. The summed E-state index contributed by atoms with van der Waals surface area (Å²) in [7, 11) is 3.13. The molecule has 84 valence electrons. The number of nitrogens with two attached hydrogens (primary N) is 1. The second kappa shape index (κ2) is 5.34. The van der Waals surface area contributed by atoms with Crippen LogP contribution in [0.25, 0.3) is 0 Å². The van der Waals surface area contributed by atoms with Crippen LogP contribution >= 0.6 is 15.9 Å². The second-order valence-electron chi connectivity index (χ2n) is 3.02. The molecule has 1 rings (SSSR count). The molecule has 0 saturated carbocycles. The molecule has 3 N–H and O–H groups in total. The van der Waals surface area contributed by atoms with Crippen LogP contribution in [0.2, 0.25) is 0 Å². The first-order valence-electron chi connectivity index (χ1n) is 4.41. The van der Waals surface area contributed by atoms with Gasteiger partial charge in [-0.25, -0.2) is 0 Å². The van der Waals surface area contributed by atoms with Crippen LogP contribution in [0.5, 0.6) is 11.5 Å². The van der Waals surface area contributed by atoms with Gasteiger partial charge in [-0.2, -0.15) is 0 Å². The molecule has 1 aromatic rings. The van der Waals surface area contributed by atoms with E-state index in [0.717, 1.165) is 10.0 Å². The monoisotopic (exact) mass is 275 g/mol.